The van der Waals surface area contributed by atoms with Crippen molar-refractivity contribution in [1.82, 2.24) is 4.72 Å². The van der Waals surface area contributed by atoms with Crippen LogP contribution in [0.15, 0.2) is 41.5 Å². The highest BCUT2D eigenvalue weighted by atomic mass is 32.2. The summed E-state index contributed by atoms with van der Waals surface area (Å²) >= 11 is 0. The van der Waals surface area contributed by atoms with E-state index in [1.54, 1.807) is 44.2 Å². The van der Waals surface area contributed by atoms with Crippen LogP contribution in [0.5, 0.6) is 0 Å². The molecule has 0 atom stereocenters. The molecule has 0 saturated heterocycles. The Labute approximate surface area is 109 Å². The van der Waals surface area contributed by atoms with Gasteiger partial charge in [0.1, 0.15) is 0 Å². The Balaban J connectivity index is 2.95. The maximum atomic E-state index is 12.1. The van der Waals surface area contributed by atoms with Gasteiger partial charge >= 0.3 is 0 Å². The molecule has 0 amide bonds. The zero-order valence-corrected chi connectivity index (χ0v) is 11.9. The van der Waals surface area contributed by atoms with Crippen LogP contribution in [0.3, 0.4) is 0 Å². The summed E-state index contributed by atoms with van der Waals surface area (Å²) in [6.07, 6.45) is 3.11. The quantitative estimate of drug-likeness (QED) is 0.834. The predicted molar refractivity (Wildman–Crippen MR) is 71.7 cm³/mol. The number of ether oxygens (including phenoxy) is 1. The Morgan fingerprint density at radius 2 is 1.78 bits per heavy atom. The van der Waals surface area contributed by atoms with Crippen LogP contribution in [0.2, 0.25) is 0 Å². The normalized spacial score (nSPS) is 12.9. The molecule has 0 aliphatic heterocycles. The fourth-order valence-corrected chi connectivity index (χ4v) is 2.77. The van der Waals surface area contributed by atoms with Crippen molar-refractivity contribution in [2.75, 3.05) is 7.11 Å². The van der Waals surface area contributed by atoms with Gasteiger partial charge in [-0.15, -0.1) is 0 Å². The molecule has 1 rings (SSSR count). The van der Waals surface area contributed by atoms with Crippen LogP contribution in [0.4, 0.5) is 0 Å². The Hall–Kier alpha value is -1.33. The van der Waals surface area contributed by atoms with Crippen LogP contribution in [-0.4, -0.2) is 21.1 Å². The van der Waals surface area contributed by atoms with E-state index in [2.05, 4.69) is 4.72 Å². The highest BCUT2D eigenvalue weighted by molar-refractivity contribution is 7.89. The molecule has 5 heteroatoms. The molecule has 0 aromatic heterocycles. The van der Waals surface area contributed by atoms with Crippen LogP contribution in [0.1, 0.15) is 19.4 Å². The molecule has 0 aliphatic rings. The smallest absolute Gasteiger partial charge is 0.241 e. The molecule has 4 nitrogen and oxygen atoms in total. The Morgan fingerprint density at radius 1 is 1.22 bits per heavy atom. The van der Waals surface area contributed by atoms with Crippen LogP contribution in [0.25, 0.3) is 0 Å². The molecule has 1 aromatic carbocycles. The van der Waals surface area contributed by atoms with Gasteiger partial charge in [-0.25, -0.2) is 13.1 Å². The summed E-state index contributed by atoms with van der Waals surface area (Å²) in [4.78, 5) is 0.256. The van der Waals surface area contributed by atoms with E-state index in [0.717, 1.165) is 5.56 Å². The van der Waals surface area contributed by atoms with Crippen LogP contribution in [-0.2, 0) is 14.8 Å². The second-order valence-corrected chi connectivity index (χ2v) is 6.36. The summed E-state index contributed by atoms with van der Waals surface area (Å²) in [5.41, 5.74) is 0.312. The van der Waals surface area contributed by atoms with Crippen molar-refractivity contribution < 1.29 is 13.2 Å². The monoisotopic (exact) mass is 269 g/mol. The van der Waals surface area contributed by atoms with Crippen LogP contribution < -0.4 is 4.72 Å². The van der Waals surface area contributed by atoms with Crippen molar-refractivity contribution in [2.24, 2.45) is 0 Å². The Bertz CT molecular complexity index is 516. The first-order valence-electron chi connectivity index (χ1n) is 5.58. The molecule has 1 N–H and O–H groups in total. The third kappa shape index (κ3) is 4.16. The van der Waals surface area contributed by atoms with Crippen molar-refractivity contribution in [3.05, 3.63) is 42.2 Å². The highest BCUT2D eigenvalue weighted by Crippen LogP contribution is 2.14. The molecule has 18 heavy (non-hydrogen) atoms. The lowest BCUT2D eigenvalue weighted by Gasteiger charge is -2.21. The number of nitrogens with one attached hydrogen (secondary N) is 1. The molecule has 0 spiro atoms. The van der Waals surface area contributed by atoms with Crippen LogP contribution >= 0.6 is 0 Å². The first kappa shape index (κ1) is 14.7. The summed E-state index contributed by atoms with van der Waals surface area (Å²) in [7, 11) is -2.01. The fraction of sp³-hybridized carbons (Fsp3) is 0.385. The van der Waals surface area contributed by atoms with E-state index in [0.29, 0.717) is 0 Å². The molecule has 0 bridgehead atoms. The first-order valence-corrected chi connectivity index (χ1v) is 7.06. The fourth-order valence-electron chi connectivity index (χ4n) is 1.39. The number of methoxy groups -OCH3 is 1. The molecule has 0 aliphatic carbocycles. The topological polar surface area (TPSA) is 55.4 Å². The minimum absolute atomic E-state index is 0.256. The molecular weight excluding hydrogens is 250 g/mol. The molecule has 1 aromatic rings. The summed E-state index contributed by atoms with van der Waals surface area (Å²) in [6, 6.07) is 6.72. The summed E-state index contributed by atoms with van der Waals surface area (Å²) in [6.45, 7) is 5.43. The largest absolute Gasteiger partial charge is 0.505 e. The summed E-state index contributed by atoms with van der Waals surface area (Å²) in [5.74, 6) is 0. The van der Waals surface area contributed by atoms with Crippen molar-refractivity contribution in [3.8, 4) is 0 Å². The lowest BCUT2D eigenvalue weighted by molar-refractivity contribution is 0.332. The van der Waals surface area contributed by atoms with E-state index in [-0.39, 0.29) is 4.90 Å². The number of aryl methyl sites for hydroxylation is 1. The lowest BCUT2D eigenvalue weighted by Crippen LogP contribution is -2.41. The van der Waals surface area contributed by atoms with E-state index in [1.165, 1.54) is 13.4 Å². The third-order valence-corrected chi connectivity index (χ3v) is 4.04. The number of rotatable bonds is 5. The maximum absolute atomic E-state index is 12.1. The maximum Gasteiger partial charge on any atom is 0.241 e. The number of sulfonamides is 1. The summed E-state index contributed by atoms with van der Waals surface area (Å²) < 4.78 is 31.7. The Morgan fingerprint density at radius 3 is 2.28 bits per heavy atom. The molecule has 0 unspecified atom stereocenters. The average molecular weight is 269 g/mol. The van der Waals surface area contributed by atoms with Crippen molar-refractivity contribution in [2.45, 2.75) is 31.2 Å². The van der Waals surface area contributed by atoms with E-state index in [4.69, 9.17) is 4.74 Å². The van der Waals surface area contributed by atoms with E-state index >= 15 is 0 Å². The van der Waals surface area contributed by atoms with E-state index in [1.807, 2.05) is 6.92 Å². The average Bonchev–Trinajstić information content (AvgIpc) is 2.25. The Kier molecular flexibility index (Phi) is 4.53. The van der Waals surface area contributed by atoms with Crippen molar-refractivity contribution in [1.29, 1.82) is 0 Å². The van der Waals surface area contributed by atoms with Gasteiger partial charge in [0.25, 0.3) is 0 Å². The molecule has 100 valence electrons. The molecular formula is C13H19NO3S. The van der Waals surface area contributed by atoms with Gasteiger partial charge in [-0.3, -0.25) is 0 Å². The second kappa shape index (κ2) is 5.54. The molecule has 0 saturated carbocycles. The zero-order valence-electron chi connectivity index (χ0n) is 11.1. The van der Waals surface area contributed by atoms with Gasteiger partial charge in [0, 0.05) is 5.54 Å². The third-order valence-electron chi connectivity index (χ3n) is 2.35. The van der Waals surface area contributed by atoms with Gasteiger partial charge in [0.15, 0.2) is 0 Å². The number of benzene rings is 1. The standard InChI is InChI=1S/C13H19NO3S/c1-11-5-7-12(8-6-11)18(15,16)14-13(2,3)9-10-17-4/h5-10,14H,1-4H3/b10-9+. The first-order chi connectivity index (χ1) is 8.27. The molecule has 0 heterocycles. The molecule has 0 fully saturated rings. The minimum atomic E-state index is -3.52. The van der Waals surface area contributed by atoms with Crippen LogP contribution in [0, 0.1) is 6.92 Å². The van der Waals surface area contributed by atoms with E-state index < -0.39 is 15.6 Å². The van der Waals surface area contributed by atoms with Gasteiger partial charge in [0.05, 0.1) is 18.3 Å². The molecule has 0 radical (unpaired) electrons. The van der Waals surface area contributed by atoms with Gasteiger partial charge < -0.3 is 4.74 Å². The SMILES string of the molecule is CO/C=C/C(C)(C)NS(=O)(=O)c1ccc(C)cc1. The van der Waals surface area contributed by atoms with Gasteiger partial charge in [0.2, 0.25) is 10.0 Å². The summed E-state index contributed by atoms with van der Waals surface area (Å²) in [5, 5.41) is 0. The predicted octanol–water partition coefficient (Wildman–Crippen LogP) is 2.21. The minimum Gasteiger partial charge on any atom is -0.505 e. The zero-order chi connectivity index (χ0) is 13.8. The van der Waals surface area contributed by atoms with Gasteiger partial charge in [-0.1, -0.05) is 17.7 Å². The van der Waals surface area contributed by atoms with Gasteiger partial charge in [-0.05, 0) is 39.0 Å². The lowest BCUT2D eigenvalue weighted by atomic mass is 10.1. The highest BCUT2D eigenvalue weighted by Gasteiger charge is 2.23. The van der Waals surface area contributed by atoms with E-state index in [9.17, 15) is 8.42 Å². The van der Waals surface area contributed by atoms with Gasteiger partial charge in [-0.2, -0.15) is 0 Å². The van der Waals surface area contributed by atoms with Crippen molar-refractivity contribution in [3.63, 3.8) is 0 Å². The number of hydrogen-bond acceptors (Lipinski definition) is 3. The van der Waals surface area contributed by atoms with Crippen molar-refractivity contribution >= 4 is 10.0 Å². The number of hydrogen-bond donors (Lipinski definition) is 1. The second-order valence-electron chi connectivity index (χ2n) is 4.68.